The number of halogens is 3. The average Bonchev–Trinajstić information content (AvgIpc) is 2.46. The van der Waals surface area contributed by atoms with Gasteiger partial charge >= 0.3 is 0 Å². The molecule has 0 radical (unpaired) electrons. The Morgan fingerprint density at radius 2 is 1.86 bits per heavy atom. The third-order valence-corrected chi connectivity index (χ3v) is 3.84. The molecule has 0 aliphatic carbocycles. The van der Waals surface area contributed by atoms with Gasteiger partial charge in [0.25, 0.3) is 0 Å². The van der Waals surface area contributed by atoms with Crippen molar-refractivity contribution in [1.29, 1.82) is 0 Å². The van der Waals surface area contributed by atoms with Crippen LogP contribution in [0.2, 0.25) is 0 Å². The van der Waals surface area contributed by atoms with E-state index in [0.29, 0.717) is 20.3 Å². The third-order valence-electron chi connectivity index (χ3n) is 2.73. The lowest BCUT2D eigenvalue weighted by atomic mass is 10.1. The molecule has 0 aliphatic rings. The van der Waals surface area contributed by atoms with Gasteiger partial charge in [-0.2, -0.15) is 0 Å². The molecule has 0 N–H and O–H groups in total. The zero-order valence-corrected chi connectivity index (χ0v) is 14.2. The first-order chi connectivity index (χ1) is 10.0. The lowest BCUT2D eigenvalue weighted by molar-refractivity contribution is 0.0918. The fraction of sp³-hybridized carbons (Fsp3) is 0.133. The first kappa shape index (κ1) is 16.0. The fourth-order valence-electron chi connectivity index (χ4n) is 1.66. The van der Waals surface area contributed by atoms with E-state index in [0.717, 1.165) is 0 Å². The van der Waals surface area contributed by atoms with E-state index < -0.39 is 5.82 Å². The Balaban J connectivity index is 2.06. The Bertz CT molecular complexity index is 674. The van der Waals surface area contributed by atoms with Crippen molar-refractivity contribution in [3.8, 4) is 11.5 Å². The maximum absolute atomic E-state index is 13.6. The summed E-state index contributed by atoms with van der Waals surface area (Å²) in [4.78, 5) is 12.0. The number of hydrogen-bond donors (Lipinski definition) is 0. The van der Waals surface area contributed by atoms with E-state index in [1.807, 2.05) is 0 Å². The number of methoxy groups -OCH3 is 1. The van der Waals surface area contributed by atoms with Gasteiger partial charge in [0.05, 0.1) is 11.6 Å². The van der Waals surface area contributed by atoms with Gasteiger partial charge < -0.3 is 9.47 Å². The predicted octanol–water partition coefficient (Wildman–Crippen LogP) is 4.62. The standard InChI is InChI=1S/C15H11Br2FO3/c1-20-14-4-2-9(6-11(14)17)13(19)8-21-15-5-3-10(16)7-12(15)18/h2-7H,8H2,1H3. The highest BCUT2D eigenvalue weighted by Crippen LogP contribution is 2.26. The summed E-state index contributed by atoms with van der Waals surface area (Å²) in [6, 6.07) is 9.35. The molecule has 0 spiro atoms. The smallest absolute Gasteiger partial charge is 0.200 e. The molecule has 0 amide bonds. The van der Waals surface area contributed by atoms with Crippen molar-refractivity contribution < 1.29 is 18.7 Å². The summed E-state index contributed by atoms with van der Waals surface area (Å²) in [6.07, 6.45) is 0. The second-order valence-electron chi connectivity index (χ2n) is 4.14. The predicted molar refractivity (Wildman–Crippen MR) is 84.6 cm³/mol. The van der Waals surface area contributed by atoms with Crippen molar-refractivity contribution in [2.45, 2.75) is 0 Å². The molecule has 0 aliphatic heterocycles. The van der Waals surface area contributed by atoms with Crippen molar-refractivity contribution in [2.24, 2.45) is 0 Å². The largest absolute Gasteiger partial charge is 0.496 e. The average molecular weight is 418 g/mol. The first-order valence-electron chi connectivity index (χ1n) is 5.96. The maximum Gasteiger partial charge on any atom is 0.200 e. The van der Waals surface area contributed by atoms with Crippen LogP contribution in [0.15, 0.2) is 45.3 Å². The molecule has 0 fully saturated rings. The van der Waals surface area contributed by atoms with E-state index in [4.69, 9.17) is 9.47 Å². The van der Waals surface area contributed by atoms with Crippen LogP contribution < -0.4 is 9.47 Å². The summed E-state index contributed by atoms with van der Waals surface area (Å²) < 4.78 is 25.2. The molecule has 2 aromatic rings. The van der Waals surface area contributed by atoms with Crippen molar-refractivity contribution in [3.05, 3.63) is 56.7 Å². The minimum absolute atomic E-state index is 0.0409. The van der Waals surface area contributed by atoms with Gasteiger partial charge in [-0.25, -0.2) is 4.39 Å². The summed E-state index contributed by atoms with van der Waals surface area (Å²) in [5, 5.41) is 0. The molecule has 0 atom stereocenters. The van der Waals surface area contributed by atoms with Crippen LogP contribution in [0.5, 0.6) is 11.5 Å². The lowest BCUT2D eigenvalue weighted by Crippen LogP contribution is -2.12. The van der Waals surface area contributed by atoms with Crippen LogP contribution in [0.4, 0.5) is 4.39 Å². The number of ketones is 1. The molecule has 3 nitrogen and oxygen atoms in total. The highest BCUT2D eigenvalue weighted by Gasteiger charge is 2.11. The van der Waals surface area contributed by atoms with Gasteiger partial charge in [0.2, 0.25) is 0 Å². The highest BCUT2D eigenvalue weighted by molar-refractivity contribution is 9.10. The van der Waals surface area contributed by atoms with Crippen molar-refractivity contribution in [3.63, 3.8) is 0 Å². The maximum atomic E-state index is 13.6. The Hall–Kier alpha value is -1.40. The number of benzene rings is 2. The molecule has 6 heteroatoms. The zero-order chi connectivity index (χ0) is 15.4. The van der Waals surface area contributed by atoms with Crippen LogP contribution in [0.1, 0.15) is 10.4 Å². The third kappa shape index (κ3) is 4.04. The van der Waals surface area contributed by atoms with Gasteiger partial charge in [-0.15, -0.1) is 0 Å². The minimum atomic E-state index is -0.520. The molecule has 0 saturated heterocycles. The van der Waals surface area contributed by atoms with Crippen LogP contribution in [0.3, 0.4) is 0 Å². The SMILES string of the molecule is COc1ccc(C(=O)COc2ccc(Br)cc2F)cc1Br. The minimum Gasteiger partial charge on any atom is -0.496 e. The second kappa shape index (κ2) is 7.04. The molecule has 2 rings (SSSR count). The molecular weight excluding hydrogens is 407 g/mol. The molecule has 0 bridgehead atoms. The van der Waals surface area contributed by atoms with E-state index in [-0.39, 0.29) is 18.1 Å². The molecule has 0 saturated carbocycles. The van der Waals surface area contributed by atoms with Crippen molar-refractivity contribution in [2.75, 3.05) is 13.7 Å². The number of ether oxygens (including phenoxy) is 2. The number of Topliss-reactive ketones (excluding diaryl/α,β-unsaturated/α-hetero) is 1. The Kier molecular flexibility index (Phi) is 5.36. The molecule has 0 unspecified atom stereocenters. The Morgan fingerprint density at radius 1 is 1.14 bits per heavy atom. The number of carbonyl (C=O) groups excluding carboxylic acids is 1. The molecular formula is C15H11Br2FO3. The van der Waals surface area contributed by atoms with E-state index in [1.54, 1.807) is 31.4 Å². The first-order valence-corrected chi connectivity index (χ1v) is 7.54. The van der Waals surface area contributed by atoms with Gasteiger partial charge in [0.15, 0.2) is 24.0 Å². The quantitative estimate of drug-likeness (QED) is 0.666. The number of carbonyl (C=O) groups is 1. The lowest BCUT2D eigenvalue weighted by Gasteiger charge is -2.08. The summed E-state index contributed by atoms with van der Waals surface area (Å²) in [6.45, 7) is -0.239. The van der Waals surface area contributed by atoms with Crippen molar-refractivity contribution in [1.82, 2.24) is 0 Å². The summed E-state index contributed by atoms with van der Waals surface area (Å²) >= 11 is 6.46. The molecule has 2 aromatic carbocycles. The van der Waals surface area contributed by atoms with Crippen molar-refractivity contribution >= 4 is 37.6 Å². The normalized spacial score (nSPS) is 10.3. The van der Waals surface area contributed by atoms with Crippen LogP contribution >= 0.6 is 31.9 Å². The summed E-state index contributed by atoms with van der Waals surface area (Å²) in [5.41, 5.74) is 0.459. The van der Waals surface area contributed by atoms with Crippen LogP contribution in [-0.4, -0.2) is 19.5 Å². The molecule has 21 heavy (non-hydrogen) atoms. The van der Waals surface area contributed by atoms with Gasteiger partial charge in [0, 0.05) is 10.0 Å². The number of rotatable bonds is 5. The molecule has 110 valence electrons. The summed E-state index contributed by atoms with van der Waals surface area (Å²) in [5.74, 6) is -0.0979. The van der Waals surface area contributed by atoms with Gasteiger partial charge in [-0.3, -0.25) is 4.79 Å². The molecule has 0 heterocycles. The van der Waals surface area contributed by atoms with Gasteiger partial charge in [0.1, 0.15) is 5.75 Å². The summed E-state index contributed by atoms with van der Waals surface area (Å²) in [7, 11) is 1.54. The topological polar surface area (TPSA) is 35.5 Å². The van der Waals surface area contributed by atoms with E-state index >= 15 is 0 Å². The Labute approximate surface area is 138 Å². The van der Waals surface area contributed by atoms with E-state index in [2.05, 4.69) is 31.9 Å². The van der Waals surface area contributed by atoms with Crippen LogP contribution in [-0.2, 0) is 0 Å². The van der Waals surface area contributed by atoms with E-state index in [1.165, 1.54) is 12.1 Å². The fourth-order valence-corrected chi connectivity index (χ4v) is 2.53. The number of hydrogen-bond acceptors (Lipinski definition) is 3. The van der Waals surface area contributed by atoms with E-state index in [9.17, 15) is 9.18 Å². The second-order valence-corrected chi connectivity index (χ2v) is 5.91. The highest BCUT2D eigenvalue weighted by atomic mass is 79.9. The van der Waals surface area contributed by atoms with Crippen LogP contribution in [0, 0.1) is 5.82 Å². The van der Waals surface area contributed by atoms with Gasteiger partial charge in [-0.1, -0.05) is 15.9 Å². The molecule has 0 aromatic heterocycles. The van der Waals surface area contributed by atoms with Crippen LogP contribution in [0.25, 0.3) is 0 Å². The van der Waals surface area contributed by atoms with Gasteiger partial charge in [-0.05, 0) is 52.3 Å². The zero-order valence-electron chi connectivity index (χ0n) is 11.0. The monoisotopic (exact) mass is 416 g/mol. The Morgan fingerprint density at radius 3 is 2.48 bits per heavy atom.